The topological polar surface area (TPSA) is 221 Å². The highest BCUT2D eigenvalue weighted by Gasteiger charge is 2.20. The highest BCUT2D eigenvalue weighted by atomic mass is 16.6. The Hall–Kier alpha value is -5.80. The van der Waals surface area contributed by atoms with E-state index in [0.29, 0.717) is 11.1 Å². The molecule has 36 heavy (non-hydrogen) atoms. The van der Waals surface area contributed by atoms with E-state index in [0.717, 1.165) is 24.3 Å². The van der Waals surface area contributed by atoms with Crippen LogP contribution in [0.3, 0.4) is 0 Å². The lowest BCUT2D eigenvalue weighted by Crippen LogP contribution is -1.99. The molecule has 3 rings (SSSR count). The number of nitrogens with one attached hydrogen (secondary N) is 2. The van der Waals surface area contributed by atoms with E-state index in [9.17, 15) is 40.5 Å². The van der Waals surface area contributed by atoms with Gasteiger partial charge in [0.1, 0.15) is 11.4 Å². The van der Waals surface area contributed by atoms with Crippen molar-refractivity contribution in [3.63, 3.8) is 0 Å². The molecule has 0 aliphatic heterocycles. The van der Waals surface area contributed by atoms with Crippen LogP contribution in [0.15, 0.2) is 70.9 Å². The smallest absolute Gasteiger partial charge is 0.272 e. The second-order valence-electron chi connectivity index (χ2n) is 6.84. The zero-order valence-electron chi connectivity index (χ0n) is 17.9. The van der Waals surface area contributed by atoms with Crippen molar-refractivity contribution in [3.05, 3.63) is 112 Å². The monoisotopic (exact) mass is 494 g/mol. The first-order chi connectivity index (χ1) is 17.2. The van der Waals surface area contributed by atoms with Crippen LogP contribution in [0.5, 0.6) is 0 Å². The van der Waals surface area contributed by atoms with Crippen molar-refractivity contribution in [3.8, 4) is 0 Å². The zero-order chi connectivity index (χ0) is 26.2. The Kier molecular flexibility index (Phi) is 7.51. The maximum atomic E-state index is 11.2. The van der Waals surface area contributed by atoms with Gasteiger partial charge in [-0.05, 0) is 29.3 Å². The number of nitrogens with zero attached hydrogens (tertiary/aromatic N) is 6. The summed E-state index contributed by atoms with van der Waals surface area (Å²) < 4.78 is 0. The first-order valence-electron chi connectivity index (χ1n) is 9.69. The fourth-order valence-electron chi connectivity index (χ4n) is 2.83. The summed E-state index contributed by atoms with van der Waals surface area (Å²) in [6.07, 6.45) is 2.69. The summed E-state index contributed by atoms with van der Waals surface area (Å²) >= 11 is 0. The Bertz CT molecular complexity index is 1320. The minimum absolute atomic E-state index is 0.0477. The molecule has 0 aromatic heterocycles. The van der Waals surface area contributed by atoms with Crippen LogP contribution < -0.4 is 10.9 Å². The van der Waals surface area contributed by atoms with Gasteiger partial charge < -0.3 is 0 Å². The average molecular weight is 494 g/mol. The lowest BCUT2D eigenvalue weighted by Gasteiger charge is -2.03. The molecular formula is C20H14N8O8. The summed E-state index contributed by atoms with van der Waals surface area (Å²) in [4.78, 5) is 41.0. The fourth-order valence-corrected chi connectivity index (χ4v) is 2.83. The largest absolute Gasteiger partial charge is 0.301 e. The number of non-ortho nitro benzene ring substituents is 2. The summed E-state index contributed by atoms with van der Waals surface area (Å²) in [5, 5.41) is 51.8. The second-order valence-corrected chi connectivity index (χ2v) is 6.84. The molecule has 16 nitrogen and oxygen atoms in total. The number of nitro groups is 4. The molecular weight excluding hydrogens is 480 g/mol. The van der Waals surface area contributed by atoms with Crippen LogP contribution in [0.4, 0.5) is 34.1 Å². The van der Waals surface area contributed by atoms with Crippen molar-refractivity contribution in [2.24, 2.45) is 10.2 Å². The SMILES string of the molecule is O=[N+]([O-])c1ccc(N/N=C/c2cccc(/C=N/Nc3ccc([N+](=O)[O-])cc3[N+](=O)[O-])c2)c([N+](=O)[O-])c1. The molecule has 3 aromatic carbocycles. The van der Waals surface area contributed by atoms with Gasteiger partial charge in [0.15, 0.2) is 0 Å². The number of anilines is 2. The van der Waals surface area contributed by atoms with E-state index in [-0.39, 0.29) is 11.4 Å². The van der Waals surface area contributed by atoms with E-state index < -0.39 is 42.4 Å². The molecule has 0 heterocycles. The molecule has 0 fully saturated rings. The van der Waals surface area contributed by atoms with Gasteiger partial charge >= 0.3 is 11.4 Å². The average Bonchev–Trinajstić information content (AvgIpc) is 2.84. The number of hydrogen-bond acceptors (Lipinski definition) is 12. The standard InChI is InChI=1S/C20H14N8O8/c29-25(30)15-4-6-17(19(9-15)27(33)34)23-21-11-13-2-1-3-14(8-13)12-22-24-18-7-5-16(26(31)32)10-20(18)28(35)36/h1-12,23-24H/b21-11+,22-12+. The van der Waals surface area contributed by atoms with Gasteiger partial charge in [-0.3, -0.25) is 51.3 Å². The third-order valence-electron chi connectivity index (χ3n) is 4.49. The van der Waals surface area contributed by atoms with E-state index in [1.807, 2.05) is 0 Å². The molecule has 0 aliphatic rings. The van der Waals surface area contributed by atoms with Crippen molar-refractivity contribution >= 4 is 46.6 Å². The lowest BCUT2D eigenvalue weighted by molar-refractivity contribution is -0.393. The Morgan fingerprint density at radius 3 is 1.36 bits per heavy atom. The van der Waals surface area contributed by atoms with Gasteiger partial charge in [0.2, 0.25) is 0 Å². The molecule has 3 aromatic rings. The number of hydrogen-bond donors (Lipinski definition) is 2. The fraction of sp³-hybridized carbons (Fsp3) is 0. The van der Waals surface area contributed by atoms with Gasteiger partial charge in [0.05, 0.1) is 44.3 Å². The van der Waals surface area contributed by atoms with Gasteiger partial charge in [-0.15, -0.1) is 0 Å². The minimum Gasteiger partial charge on any atom is -0.272 e. The van der Waals surface area contributed by atoms with Crippen LogP contribution in [0.1, 0.15) is 11.1 Å². The predicted octanol–water partition coefficient (Wildman–Crippen LogP) is 4.21. The lowest BCUT2D eigenvalue weighted by atomic mass is 10.1. The van der Waals surface area contributed by atoms with Gasteiger partial charge in [-0.25, -0.2) is 0 Å². The Balaban J connectivity index is 1.71. The normalized spacial score (nSPS) is 10.9. The summed E-state index contributed by atoms with van der Waals surface area (Å²) in [7, 11) is 0. The van der Waals surface area contributed by atoms with E-state index in [2.05, 4.69) is 21.1 Å². The van der Waals surface area contributed by atoms with E-state index in [1.165, 1.54) is 24.6 Å². The van der Waals surface area contributed by atoms with Crippen LogP contribution in [0.2, 0.25) is 0 Å². The molecule has 0 atom stereocenters. The Morgan fingerprint density at radius 1 is 0.583 bits per heavy atom. The van der Waals surface area contributed by atoms with Crippen LogP contribution in [0.25, 0.3) is 0 Å². The van der Waals surface area contributed by atoms with Crippen LogP contribution in [-0.2, 0) is 0 Å². The third kappa shape index (κ3) is 6.16. The summed E-state index contributed by atoms with van der Waals surface area (Å²) in [5.41, 5.74) is 4.04. The molecule has 0 radical (unpaired) electrons. The molecule has 0 aliphatic carbocycles. The van der Waals surface area contributed by atoms with Gasteiger partial charge in [0, 0.05) is 12.1 Å². The van der Waals surface area contributed by atoms with E-state index in [1.54, 1.807) is 24.3 Å². The molecule has 0 amide bonds. The predicted molar refractivity (Wildman–Crippen MR) is 128 cm³/mol. The molecule has 0 bridgehead atoms. The maximum absolute atomic E-state index is 11.2. The summed E-state index contributed by atoms with van der Waals surface area (Å²) in [5.74, 6) is 0. The van der Waals surface area contributed by atoms with Gasteiger partial charge in [-0.1, -0.05) is 18.2 Å². The quantitative estimate of drug-likeness (QED) is 0.232. The van der Waals surface area contributed by atoms with E-state index in [4.69, 9.17) is 0 Å². The van der Waals surface area contributed by atoms with Crippen molar-refractivity contribution in [1.29, 1.82) is 0 Å². The first-order valence-corrected chi connectivity index (χ1v) is 9.69. The van der Waals surface area contributed by atoms with Crippen molar-refractivity contribution < 1.29 is 19.7 Å². The molecule has 182 valence electrons. The molecule has 0 saturated carbocycles. The van der Waals surface area contributed by atoms with Gasteiger partial charge in [0.25, 0.3) is 11.4 Å². The van der Waals surface area contributed by atoms with Crippen LogP contribution in [-0.4, -0.2) is 32.1 Å². The number of nitro benzene ring substituents is 4. The zero-order valence-corrected chi connectivity index (χ0v) is 17.9. The Labute approximate surface area is 200 Å². The number of benzene rings is 3. The summed E-state index contributed by atoms with van der Waals surface area (Å²) in [6, 6.07) is 12.8. The van der Waals surface area contributed by atoms with Crippen molar-refractivity contribution in [1.82, 2.24) is 0 Å². The highest BCUT2D eigenvalue weighted by molar-refractivity contribution is 5.87. The van der Waals surface area contributed by atoms with Gasteiger partial charge in [-0.2, -0.15) is 10.2 Å². The van der Waals surface area contributed by atoms with Crippen LogP contribution in [0, 0.1) is 40.5 Å². The molecule has 2 N–H and O–H groups in total. The number of rotatable bonds is 10. The molecule has 0 saturated heterocycles. The van der Waals surface area contributed by atoms with E-state index >= 15 is 0 Å². The van der Waals surface area contributed by atoms with Crippen molar-refractivity contribution in [2.75, 3.05) is 10.9 Å². The second kappa shape index (κ2) is 10.9. The maximum Gasteiger partial charge on any atom is 0.301 e. The van der Waals surface area contributed by atoms with Crippen molar-refractivity contribution in [2.45, 2.75) is 0 Å². The highest BCUT2D eigenvalue weighted by Crippen LogP contribution is 2.30. The third-order valence-corrected chi connectivity index (χ3v) is 4.49. The summed E-state index contributed by atoms with van der Waals surface area (Å²) in [6.45, 7) is 0. The number of hydrazone groups is 2. The minimum atomic E-state index is -0.774. The van der Waals surface area contributed by atoms with Crippen LogP contribution >= 0.6 is 0 Å². The molecule has 16 heteroatoms. The molecule has 0 unspecified atom stereocenters. The Morgan fingerprint density at radius 2 is 1.00 bits per heavy atom. The molecule has 0 spiro atoms. The first kappa shape index (κ1) is 24.8.